The molecule has 0 unspecified atom stereocenters. The number of benzene rings is 1. The second-order valence-electron chi connectivity index (χ2n) is 6.35. The zero-order valence-corrected chi connectivity index (χ0v) is 15.6. The predicted octanol–water partition coefficient (Wildman–Crippen LogP) is 1.28. The highest BCUT2D eigenvalue weighted by Gasteiger charge is 2.19. The number of nitrogens with zero attached hydrogens (tertiary/aromatic N) is 5. The Morgan fingerprint density at radius 1 is 1.15 bits per heavy atom. The highest BCUT2D eigenvalue weighted by Crippen LogP contribution is 2.15. The number of aromatic nitrogens is 4. The zero-order chi connectivity index (χ0) is 19.6. The van der Waals surface area contributed by atoms with Gasteiger partial charge in [-0.3, -0.25) is 13.9 Å². The number of hydrogen-bond donors (Lipinski definition) is 0. The van der Waals surface area contributed by atoms with Gasteiger partial charge >= 0.3 is 5.69 Å². The summed E-state index contributed by atoms with van der Waals surface area (Å²) in [6.07, 6.45) is 0.871. The van der Waals surface area contributed by atoms with Crippen LogP contribution in [0.5, 0.6) is 0 Å². The first-order valence-corrected chi connectivity index (χ1v) is 8.69. The third-order valence-corrected chi connectivity index (χ3v) is 4.43. The molecule has 0 saturated carbocycles. The summed E-state index contributed by atoms with van der Waals surface area (Å²) in [5.41, 5.74) is 1.37. The van der Waals surface area contributed by atoms with Crippen LogP contribution in [0.15, 0.2) is 33.9 Å². The molecule has 0 atom stereocenters. The maximum Gasteiger partial charge on any atom is 0.332 e. The molecule has 0 radical (unpaired) electrons. The van der Waals surface area contributed by atoms with Crippen LogP contribution in [0.3, 0.4) is 0 Å². The van der Waals surface area contributed by atoms with E-state index in [1.807, 2.05) is 19.1 Å². The Morgan fingerprint density at radius 2 is 1.85 bits per heavy atom. The standard InChI is InChI=1S/C19H21N5O3/c1-4-9-27-12-15-21-17-16(18(25)23(3)19(26)22(17)2)24(15)11-14-7-5-13(10-20)6-8-14/h5-8H,4,9,11-12H2,1-3H3. The average molecular weight is 367 g/mol. The second kappa shape index (κ2) is 7.60. The third kappa shape index (κ3) is 3.41. The largest absolute Gasteiger partial charge is 0.374 e. The summed E-state index contributed by atoms with van der Waals surface area (Å²) in [6, 6.07) is 9.23. The number of aryl methyl sites for hydroxylation is 1. The first-order valence-electron chi connectivity index (χ1n) is 8.69. The fourth-order valence-corrected chi connectivity index (χ4v) is 2.95. The molecule has 0 aliphatic rings. The minimum atomic E-state index is -0.420. The van der Waals surface area contributed by atoms with E-state index in [1.165, 1.54) is 11.6 Å². The first-order chi connectivity index (χ1) is 13.0. The second-order valence-corrected chi connectivity index (χ2v) is 6.35. The van der Waals surface area contributed by atoms with E-state index >= 15 is 0 Å². The summed E-state index contributed by atoms with van der Waals surface area (Å²) in [4.78, 5) is 29.5. The Hall–Kier alpha value is -3.18. The van der Waals surface area contributed by atoms with Crippen molar-refractivity contribution in [3.63, 3.8) is 0 Å². The number of rotatable bonds is 6. The fraction of sp³-hybridized carbons (Fsp3) is 0.368. The van der Waals surface area contributed by atoms with Crippen LogP contribution in [0.25, 0.3) is 11.2 Å². The van der Waals surface area contributed by atoms with Crippen molar-refractivity contribution in [3.8, 4) is 6.07 Å². The number of imidazole rings is 1. The molecule has 0 aliphatic carbocycles. The molecule has 0 saturated heterocycles. The zero-order valence-electron chi connectivity index (χ0n) is 15.6. The molecule has 27 heavy (non-hydrogen) atoms. The Labute approximate surface area is 155 Å². The van der Waals surface area contributed by atoms with Gasteiger partial charge in [-0.15, -0.1) is 0 Å². The molecule has 2 heterocycles. The number of hydrogen-bond acceptors (Lipinski definition) is 5. The lowest BCUT2D eigenvalue weighted by atomic mass is 10.1. The van der Waals surface area contributed by atoms with E-state index in [0.717, 1.165) is 16.6 Å². The van der Waals surface area contributed by atoms with Crippen LogP contribution in [-0.4, -0.2) is 25.3 Å². The molecular weight excluding hydrogens is 346 g/mol. The van der Waals surface area contributed by atoms with Crippen molar-refractivity contribution in [2.24, 2.45) is 14.1 Å². The van der Waals surface area contributed by atoms with Crippen LogP contribution in [0.1, 0.15) is 30.3 Å². The van der Waals surface area contributed by atoms with Crippen molar-refractivity contribution in [1.82, 2.24) is 18.7 Å². The molecule has 3 rings (SSSR count). The maximum absolute atomic E-state index is 12.8. The van der Waals surface area contributed by atoms with E-state index in [9.17, 15) is 9.59 Å². The highest BCUT2D eigenvalue weighted by molar-refractivity contribution is 5.71. The normalized spacial score (nSPS) is 11.0. The highest BCUT2D eigenvalue weighted by atomic mass is 16.5. The van der Waals surface area contributed by atoms with E-state index in [-0.39, 0.29) is 6.61 Å². The lowest BCUT2D eigenvalue weighted by Gasteiger charge is -2.10. The van der Waals surface area contributed by atoms with Crippen molar-refractivity contribution in [3.05, 3.63) is 62.1 Å². The van der Waals surface area contributed by atoms with Crippen molar-refractivity contribution in [1.29, 1.82) is 5.26 Å². The van der Waals surface area contributed by atoms with Crippen LogP contribution in [0.4, 0.5) is 0 Å². The molecule has 0 spiro atoms. The van der Waals surface area contributed by atoms with Gasteiger partial charge in [0, 0.05) is 27.2 Å². The molecule has 0 bridgehead atoms. The molecule has 8 heteroatoms. The van der Waals surface area contributed by atoms with E-state index in [2.05, 4.69) is 11.1 Å². The van der Waals surface area contributed by atoms with Gasteiger partial charge < -0.3 is 9.30 Å². The SMILES string of the molecule is CCCOCc1nc2c(c(=O)n(C)c(=O)n2C)n1Cc1ccc(C#N)cc1. The van der Waals surface area contributed by atoms with Crippen molar-refractivity contribution < 1.29 is 4.74 Å². The molecule has 0 N–H and O–H groups in total. The van der Waals surface area contributed by atoms with Gasteiger partial charge in [0.05, 0.1) is 11.6 Å². The van der Waals surface area contributed by atoms with Crippen LogP contribution >= 0.6 is 0 Å². The summed E-state index contributed by atoms with van der Waals surface area (Å²) >= 11 is 0. The van der Waals surface area contributed by atoms with E-state index in [4.69, 9.17) is 10.00 Å². The van der Waals surface area contributed by atoms with Crippen molar-refractivity contribution in [2.45, 2.75) is 26.5 Å². The van der Waals surface area contributed by atoms with Gasteiger partial charge in [0.1, 0.15) is 12.4 Å². The van der Waals surface area contributed by atoms with Gasteiger partial charge in [-0.25, -0.2) is 9.78 Å². The Kier molecular flexibility index (Phi) is 5.23. The summed E-state index contributed by atoms with van der Waals surface area (Å²) in [5, 5.41) is 8.96. The van der Waals surface area contributed by atoms with E-state index in [1.54, 1.807) is 23.7 Å². The quantitative estimate of drug-likeness (QED) is 0.612. The van der Waals surface area contributed by atoms with Crippen LogP contribution in [0, 0.1) is 11.3 Å². The third-order valence-electron chi connectivity index (χ3n) is 4.43. The smallest absolute Gasteiger partial charge is 0.332 e. The molecule has 140 valence electrons. The summed E-state index contributed by atoms with van der Waals surface area (Å²) in [5.74, 6) is 0.584. The van der Waals surface area contributed by atoms with Gasteiger partial charge in [-0.1, -0.05) is 19.1 Å². The Balaban J connectivity index is 2.17. The Morgan fingerprint density at radius 3 is 2.48 bits per heavy atom. The molecule has 2 aromatic heterocycles. The van der Waals surface area contributed by atoms with Crippen molar-refractivity contribution in [2.75, 3.05) is 6.61 Å². The minimum Gasteiger partial charge on any atom is -0.374 e. The van der Waals surface area contributed by atoms with Crippen LogP contribution < -0.4 is 11.2 Å². The number of nitriles is 1. The van der Waals surface area contributed by atoms with Crippen LogP contribution in [-0.2, 0) is 32.0 Å². The first kappa shape index (κ1) is 18.6. The number of ether oxygens (including phenoxy) is 1. The summed E-state index contributed by atoms with van der Waals surface area (Å²) in [6.45, 7) is 3.23. The van der Waals surface area contributed by atoms with Gasteiger partial charge in [-0.2, -0.15) is 5.26 Å². The van der Waals surface area contributed by atoms with Crippen LogP contribution in [0.2, 0.25) is 0 Å². The summed E-state index contributed by atoms with van der Waals surface area (Å²) in [7, 11) is 3.05. The Bertz CT molecular complexity index is 1130. The monoisotopic (exact) mass is 367 g/mol. The lowest BCUT2D eigenvalue weighted by molar-refractivity contribution is 0.114. The molecule has 0 aliphatic heterocycles. The van der Waals surface area contributed by atoms with Crippen molar-refractivity contribution >= 4 is 11.2 Å². The minimum absolute atomic E-state index is 0.246. The maximum atomic E-state index is 12.8. The van der Waals surface area contributed by atoms with Gasteiger partial charge in [0.25, 0.3) is 5.56 Å². The topological polar surface area (TPSA) is 94.8 Å². The van der Waals surface area contributed by atoms with Gasteiger partial charge in [0.15, 0.2) is 11.2 Å². The molecular formula is C19H21N5O3. The molecule has 0 fully saturated rings. The van der Waals surface area contributed by atoms with E-state index < -0.39 is 11.2 Å². The molecule has 8 nitrogen and oxygen atoms in total. The summed E-state index contributed by atoms with van der Waals surface area (Å²) < 4.78 is 9.87. The molecule has 0 amide bonds. The van der Waals surface area contributed by atoms with Gasteiger partial charge in [-0.05, 0) is 24.1 Å². The number of fused-ring (bicyclic) bond motifs is 1. The fourth-order valence-electron chi connectivity index (χ4n) is 2.95. The predicted molar refractivity (Wildman–Crippen MR) is 100 cm³/mol. The lowest BCUT2D eigenvalue weighted by Crippen LogP contribution is -2.37. The average Bonchev–Trinajstić information content (AvgIpc) is 3.04. The van der Waals surface area contributed by atoms with E-state index in [0.29, 0.717) is 35.7 Å². The van der Waals surface area contributed by atoms with Gasteiger partial charge in [0.2, 0.25) is 0 Å². The molecule has 3 aromatic rings. The molecule has 1 aromatic carbocycles.